The minimum absolute atomic E-state index is 0.126. The number of hydrogen-bond acceptors (Lipinski definition) is 2. The van der Waals surface area contributed by atoms with Crippen molar-refractivity contribution in [3.8, 4) is 0 Å². The van der Waals surface area contributed by atoms with E-state index in [0.29, 0.717) is 0 Å². The van der Waals surface area contributed by atoms with Crippen LogP contribution in [0.5, 0.6) is 0 Å². The van der Waals surface area contributed by atoms with Gasteiger partial charge in [-0.1, -0.05) is 6.92 Å². The van der Waals surface area contributed by atoms with Crippen LogP contribution in [0.3, 0.4) is 0 Å². The standard InChI is InChI=1S/C8H18N2O/c1-5-9-7(3)10(6-2)8(4)11/h7,9H,5-6H2,1-4H3. The minimum atomic E-state index is 0.126. The molecule has 0 aromatic heterocycles. The summed E-state index contributed by atoms with van der Waals surface area (Å²) in [6.07, 6.45) is 0.155. The van der Waals surface area contributed by atoms with Crippen LogP contribution in [-0.4, -0.2) is 30.1 Å². The quantitative estimate of drug-likeness (QED) is 0.614. The molecule has 3 heteroatoms. The summed E-state index contributed by atoms with van der Waals surface area (Å²) >= 11 is 0. The highest BCUT2D eigenvalue weighted by atomic mass is 16.2. The van der Waals surface area contributed by atoms with Gasteiger partial charge in [-0.3, -0.25) is 10.1 Å². The maximum Gasteiger partial charge on any atom is 0.220 e. The number of nitrogens with one attached hydrogen (secondary N) is 1. The lowest BCUT2D eigenvalue weighted by Gasteiger charge is -2.27. The molecule has 0 aliphatic carbocycles. The molecular weight excluding hydrogens is 140 g/mol. The molecule has 0 saturated carbocycles. The molecule has 0 aliphatic rings. The van der Waals surface area contributed by atoms with Crippen molar-refractivity contribution in [2.45, 2.75) is 33.9 Å². The maximum absolute atomic E-state index is 11.0. The van der Waals surface area contributed by atoms with Crippen molar-refractivity contribution in [2.75, 3.05) is 13.1 Å². The third kappa shape index (κ3) is 3.37. The second-order valence-electron chi connectivity index (χ2n) is 2.54. The van der Waals surface area contributed by atoms with E-state index in [1.54, 1.807) is 11.8 Å². The average Bonchev–Trinajstić information content (AvgIpc) is 1.88. The highest BCUT2D eigenvalue weighted by Gasteiger charge is 2.12. The smallest absolute Gasteiger partial charge is 0.220 e. The lowest BCUT2D eigenvalue weighted by molar-refractivity contribution is -0.131. The van der Waals surface area contributed by atoms with Gasteiger partial charge in [0.05, 0.1) is 6.17 Å². The van der Waals surface area contributed by atoms with E-state index in [1.165, 1.54) is 0 Å². The Kier molecular flexibility index (Phi) is 4.86. The van der Waals surface area contributed by atoms with Crippen LogP contribution in [0.4, 0.5) is 0 Å². The Balaban J connectivity index is 3.91. The Morgan fingerprint density at radius 2 is 2.09 bits per heavy atom. The van der Waals surface area contributed by atoms with Crippen LogP contribution >= 0.6 is 0 Å². The van der Waals surface area contributed by atoms with E-state index in [2.05, 4.69) is 5.32 Å². The molecule has 0 radical (unpaired) electrons. The fourth-order valence-electron chi connectivity index (χ4n) is 1.17. The molecular formula is C8H18N2O. The van der Waals surface area contributed by atoms with Gasteiger partial charge in [-0.2, -0.15) is 0 Å². The van der Waals surface area contributed by atoms with Crippen molar-refractivity contribution in [1.82, 2.24) is 10.2 Å². The SMILES string of the molecule is CCNC(C)N(CC)C(C)=O. The average molecular weight is 158 g/mol. The van der Waals surface area contributed by atoms with Crippen LogP contribution in [-0.2, 0) is 4.79 Å². The van der Waals surface area contributed by atoms with Gasteiger partial charge in [0.25, 0.3) is 0 Å². The van der Waals surface area contributed by atoms with Crippen molar-refractivity contribution in [3.05, 3.63) is 0 Å². The molecule has 0 spiro atoms. The lowest BCUT2D eigenvalue weighted by atomic mass is 10.4. The van der Waals surface area contributed by atoms with Crippen LogP contribution in [0.25, 0.3) is 0 Å². The fraction of sp³-hybridized carbons (Fsp3) is 0.875. The summed E-state index contributed by atoms with van der Waals surface area (Å²) < 4.78 is 0. The summed E-state index contributed by atoms with van der Waals surface area (Å²) in [6.45, 7) is 9.26. The summed E-state index contributed by atoms with van der Waals surface area (Å²) in [5, 5.41) is 3.18. The Hall–Kier alpha value is -0.570. The Bertz CT molecular complexity index is 125. The number of carbonyl (C=O) groups is 1. The summed E-state index contributed by atoms with van der Waals surface area (Å²) in [7, 11) is 0. The van der Waals surface area contributed by atoms with E-state index in [9.17, 15) is 4.79 Å². The van der Waals surface area contributed by atoms with Gasteiger partial charge < -0.3 is 4.90 Å². The van der Waals surface area contributed by atoms with Gasteiger partial charge in [-0.05, 0) is 20.4 Å². The van der Waals surface area contributed by atoms with Gasteiger partial charge >= 0.3 is 0 Å². The second-order valence-corrected chi connectivity index (χ2v) is 2.54. The van der Waals surface area contributed by atoms with E-state index in [1.807, 2.05) is 20.8 Å². The van der Waals surface area contributed by atoms with Gasteiger partial charge in [0.1, 0.15) is 0 Å². The van der Waals surface area contributed by atoms with Crippen LogP contribution < -0.4 is 5.32 Å². The maximum atomic E-state index is 11.0. The summed E-state index contributed by atoms with van der Waals surface area (Å²) in [6, 6.07) is 0. The molecule has 0 heterocycles. The van der Waals surface area contributed by atoms with Gasteiger partial charge in [-0.25, -0.2) is 0 Å². The zero-order chi connectivity index (χ0) is 8.85. The Morgan fingerprint density at radius 3 is 2.36 bits per heavy atom. The molecule has 0 aromatic rings. The zero-order valence-corrected chi connectivity index (χ0v) is 7.85. The molecule has 66 valence electrons. The molecule has 0 rings (SSSR count). The summed E-state index contributed by atoms with van der Waals surface area (Å²) in [5.41, 5.74) is 0. The van der Waals surface area contributed by atoms with Crippen LogP contribution in [0.1, 0.15) is 27.7 Å². The predicted octanol–water partition coefficient (Wildman–Crippen LogP) is 0.810. The number of hydrogen-bond donors (Lipinski definition) is 1. The largest absolute Gasteiger partial charge is 0.328 e. The summed E-state index contributed by atoms with van der Waals surface area (Å²) in [4.78, 5) is 12.8. The van der Waals surface area contributed by atoms with Crippen molar-refractivity contribution in [1.29, 1.82) is 0 Å². The van der Waals surface area contributed by atoms with Crippen LogP contribution in [0, 0.1) is 0 Å². The molecule has 3 nitrogen and oxygen atoms in total. The summed E-state index contributed by atoms with van der Waals surface area (Å²) in [5.74, 6) is 0.126. The lowest BCUT2D eigenvalue weighted by Crippen LogP contribution is -2.45. The van der Waals surface area contributed by atoms with Crippen molar-refractivity contribution >= 4 is 5.91 Å². The van der Waals surface area contributed by atoms with Gasteiger partial charge in [-0.15, -0.1) is 0 Å². The molecule has 1 amide bonds. The molecule has 0 bridgehead atoms. The number of nitrogens with zero attached hydrogens (tertiary/aromatic N) is 1. The first-order valence-corrected chi connectivity index (χ1v) is 4.14. The predicted molar refractivity (Wildman–Crippen MR) is 46.2 cm³/mol. The van der Waals surface area contributed by atoms with E-state index in [4.69, 9.17) is 0 Å². The normalized spacial score (nSPS) is 12.7. The number of carbonyl (C=O) groups excluding carboxylic acids is 1. The van der Waals surface area contributed by atoms with E-state index >= 15 is 0 Å². The first kappa shape index (κ1) is 10.4. The van der Waals surface area contributed by atoms with Gasteiger partial charge in [0.2, 0.25) is 5.91 Å². The topological polar surface area (TPSA) is 32.3 Å². The molecule has 0 aromatic carbocycles. The first-order valence-electron chi connectivity index (χ1n) is 4.14. The Morgan fingerprint density at radius 1 is 1.55 bits per heavy atom. The molecule has 0 saturated heterocycles. The third-order valence-corrected chi connectivity index (χ3v) is 1.71. The number of rotatable bonds is 4. The highest BCUT2D eigenvalue weighted by molar-refractivity contribution is 5.73. The van der Waals surface area contributed by atoms with Crippen molar-refractivity contribution in [2.24, 2.45) is 0 Å². The number of amides is 1. The molecule has 1 atom stereocenters. The third-order valence-electron chi connectivity index (χ3n) is 1.71. The zero-order valence-electron chi connectivity index (χ0n) is 7.85. The van der Waals surface area contributed by atoms with Crippen LogP contribution in [0.15, 0.2) is 0 Å². The molecule has 0 fully saturated rings. The molecule has 0 aliphatic heterocycles. The highest BCUT2D eigenvalue weighted by Crippen LogP contribution is 1.94. The van der Waals surface area contributed by atoms with Crippen molar-refractivity contribution < 1.29 is 4.79 Å². The van der Waals surface area contributed by atoms with Gasteiger partial charge in [0.15, 0.2) is 0 Å². The van der Waals surface area contributed by atoms with Crippen molar-refractivity contribution in [3.63, 3.8) is 0 Å². The van der Waals surface area contributed by atoms with Gasteiger partial charge in [0, 0.05) is 13.5 Å². The van der Waals surface area contributed by atoms with E-state index in [-0.39, 0.29) is 12.1 Å². The minimum Gasteiger partial charge on any atom is -0.328 e. The van der Waals surface area contributed by atoms with E-state index < -0.39 is 0 Å². The van der Waals surface area contributed by atoms with E-state index in [0.717, 1.165) is 13.1 Å². The second kappa shape index (κ2) is 5.13. The molecule has 11 heavy (non-hydrogen) atoms. The van der Waals surface area contributed by atoms with Crippen LogP contribution in [0.2, 0.25) is 0 Å². The monoisotopic (exact) mass is 158 g/mol. The fourth-order valence-corrected chi connectivity index (χ4v) is 1.17. The molecule has 1 N–H and O–H groups in total. The molecule has 1 unspecified atom stereocenters. The first-order chi connectivity index (χ1) is 5.13. The Labute approximate surface area is 68.8 Å².